The van der Waals surface area contributed by atoms with Gasteiger partial charge in [-0.2, -0.15) is 13.2 Å². The van der Waals surface area contributed by atoms with Crippen LogP contribution in [0.2, 0.25) is 5.02 Å². The molecule has 20 heavy (non-hydrogen) atoms. The van der Waals surface area contributed by atoms with E-state index in [2.05, 4.69) is 0 Å². The fraction of sp³-hybridized carbons (Fsp3) is 0.571. The van der Waals surface area contributed by atoms with Gasteiger partial charge in [0.15, 0.2) is 5.60 Å². The van der Waals surface area contributed by atoms with Crippen molar-refractivity contribution in [3.05, 3.63) is 28.3 Å². The monoisotopic (exact) mass is 309 g/mol. The zero-order valence-electron chi connectivity index (χ0n) is 12.2. The van der Waals surface area contributed by atoms with E-state index >= 15 is 0 Å². The molecule has 0 saturated heterocycles. The Labute approximate surface area is 122 Å². The lowest BCUT2D eigenvalue weighted by Crippen LogP contribution is -2.46. The minimum atomic E-state index is -4.58. The summed E-state index contributed by atoms with van der Waals surface area (Å²) in [6.07, 6.45) is -4.58. The van der Waals surface area contributed by atoms with Crippen LogP contribution in [0, 0.1) is 6.92 Å². The third-order valence-corrected chi connectivity index (χ3v) is 3.25. The molecule has 1 rings (SSSR count). The number of halogens is 4. The van der Waals surface area contributed by atoms with Gasteiger partial charge in [0, 0.05) is 0 Å². The molecule has 114 valence electrons. The van der Waals surface area contributed by atoms with E-state index < -0.39 is 17.4 Å². The van der Waals surface area contributed by atoms with E-state index in [9.17, 15) is 13.2 Å². The topological polar surface area (TPSA) is 35.2 Å². The molecule has 0 aromatic heterocycles. The molecule has 1 aromatic rings. The van der Waals surface area contributed by atoms with Crippen molar-refractivity contribution in [3.8, 4) is 0 Å². The van der Waals surface area contributed by atoms with Gasteiger partial charge in [0.05, 0.1) is 16.3 Å². The smallest absolute Gasteiger partial charge is 0.397 e. The molecular weight excluding hydrogens is 291 g/mol. The summed E-state index contributed by atoms with van der Waals surface area (Å²) in [4.78, 5) is 0. The molecule has 0 amide bonds. The second kappa shape index (κ2) is 5.11. The Bertz CT molecular complexity index is 485. The third-order valence-electron chi connectivity index (χ3n) is 2.94. The predicted molar refractivity (Wildman–Crippen MR) is 74.8 cm³/mol. The van der Waals surface area contributed by atoms with Crippen LogP contribution in [-0.2, 0) is 10.3 Å². The second-order valence-electron chi connectivity index (χ2n) is 5.93. The molecule has 0 bridgehead atoms. The molecule has 6 heteroatoms. The molecule has 2 nitrogen and oxygen atoms in total. The number of aryl methyl sites for hydroxylation is 1. The van der Waals surface area contributed by atoms with E-state index in [4.69, 9.17) is 22.1 Å². The number of hydrogen-bond donors (Lipinski definition) is 1. The average molecular weight is 310 g/mol. The molecular formula is C14H19ClF3NO. The molecule has 0 aliphatic rings. The zero-order valence-corrected chi connectivity index (χ0v) is 12.9. The molecule has 1 aromatic carbocycles. The van der Waals surface area contributed by atoms with E-state index in [1.54, 1.807) is 27.7 Å². The van der Waals surface area contributed by atoms with E-state index in [0.29, 0.717) is 5.56 Å². The van der Waals surface area contributed by atoms with Crippen LogP contribution >= 0.6 is 11.6 Å². The molecule has 0 fully saturated rings. The maximum Gasteiger partial charge on any atom is 0.421 e. The standard InChI is InChI=1S/C14H19ClF3NO/c1-8-6-9(7-10(15)11(8)19)13(5,14(16,17)18)20-12(2,3)4/h6-7H,19H2,1-5H3. The minimum absolute atomic E-state index is 0.0587. The molecule has 0 radical (unpaired) electrons. The second-order valence-corrected chi connectivity index (χ2v) is 6.34. The molecule has 0 aliphatic carbocycles. The summed E-state index contributed by atoms with van der Waals surface area (Å²) < 4.78 is 45.8. The third kappa shape index (κ3) is 3.38. The Morgan fingerprint density at radius 3 is 1.95 bits per heavy atom. The lowest BCUT2D eigenvalue weighted by Gasteiger charge is -2.38. The first-order valence-corrected chi connectivity index (χ1v) is 6.49. The lowest BCUT2D eigenvalue weighted by atomic mass is 9.92. The number of ether oxygens (including phenoxy) is 1. The first-order chi connectivity index (χ1) is 8.78. The molecule has 0 heterocycles. The van der Waals surface area contributed by atoms with Gasteiger partial charge in [0.2, 0.25) is 0 Å². The Balaban J connectivity index is 3.47. The minimum Gasteiger partial charge on any atom is -0.397 e. The van der Waals surface area contributed by atoms with Crippen molar-refractivity contribution in [2.45, 2.75) is 52.0 Å². The predicted octanol–water partition coefficient (Wildman–Crippen LogP) is 4.82. The Morgan fingerprint density at radius 1 is 1.10 bits per heavy atom. The van der Waals surface area contributed by atoms with Crippen LogP contribution in [0.4, 0.5) is 18.9 Å². The maximum atomic E-state index is 13.5. The number of anilines is 1. The summed E-state index contributed by atoms with van der Waals surface area (Å²) in [7, 11) is 0. The summed E-state index contributed by atoms with van der Waals surface area (Å²) in [5.74, 6) is 0. The number of rotatable bonds is 2. The van der Waals surface area contributed by atoms with Crippen molar-refractivity contribution in [1.82, 2.24) is 0 Å². The van der Waals surface area contributed by atoms with Gasteiger partial charge in [-0.15, -0.1) is 0 Å². The van der Waals surface area contributed by atoms with Crippen LogP contribution in [0.1, 0.15) is 38.8 Å². The molecule has 0 saturated carbocycles. The number of alkyl halides is 3. The van der Waals surface area contributed by atoms with Gasteiger partial charge in [0.25, 0.3) is 0 Å². The van der Waals surface area contributed by atoms with Crippen LogP contribution in [0.5, 0.6) is 0 Å². The van der Waals surface area contributed by atoms with Gasteiger partial charge in [-0.3, -0.25) is 0 Å². The van der Waals surface area contributed by atoms with Crippen LogP contribution in [-0.4, -0.2) is 11.8 Å². The fourth-order valence-electron chi connectivity index (χ4n) is 1.92. The highest BCUT2D eigenvalue weighted by molar-refractivity contribution is 6.33. The number of benzene rings is 1. The van der Waals surface area contributed by atoms with Gasteiger partial charge in [-0.25, -0.2) is 0 Å². The highest BCUT2D eigenvalue weighted by atomic mass is 35.5. The van der Waals surface area contributed by atoms with Gasteiger partial charge in [0.1, 0.15) is 0 Å². The Kier molecular flexibility index (Phi) is 4.38. The van der Waals surface area contributed by atoms with Crippen molar-refractivity contribution in [2.24, 2.45) is 0 Å². The van der Waals surface area contributed by atoms with Crippen LogP contribution in [0.25, 0.3) is 0 Å². The largest absolute Gasteiger partial charge is 0.421 e. The lowest BCUT2D eigenvalue weighted by molar-refractivity contribution is -0.303. The van der Waals surface area contributed by atoms with Crippen molar-refractivity contribution in [1.29, 1.82) is 0 Å². The summed E-state index contributed by atoms with van der Waals surface area (Å²) >= 11 is 5.90. The van der Waals surface area contributed by atoms with Gasteiger partial charge in [-0.1, -0.05) is 17.7 Å². The summed E-state index contributed by atoms with van der Waals surface area (Å²) in [5, 5.41) is 0.0907. The zero-order chi connectivity index (χ0) is 15.9. The summed E-state index contributed by atoms with van der Waals surface area (Å²) in [5.41, 5.74) is 2.96. The first-order valence-electron chi connectivity index (χ1n) is 6.11. The van der Waals surface area contributed by atoms with E-state index in [1.165, 1.54) is 12.1 Å². The Hall–Kier alpha value is -0.940. The van der Waals surface area contributed by atoms with Gasteiger partial charge >= 0.3 is 6.18 Å². The van der Waals surface area contributed by atoms with Gasteiger partial charge in [-0.05, 0) is 51.8 Å². The van der Waals surface area contributed by atoms with E-state index in [-0.39, 0.29) is 16.3 Å². The summed E-state index contributed by atoms with van der Waals surface area (Å²) in [6, 6.07) is 2.57. The van der Waals surface area contributed by atoms with Crippen molar-refractivity contribution < 1.29 is 17.9 Å². The average Bonchev–Trinajstić information content (AvgIpc) is 2.21. The molecule has 0 spiro atoms. The molecule has 1 unspecified atom stereocenters. The van der Waals surface area contributed by atoms with Crippen molar-refractivity contribution in [2.75, 3.05) is 5.73 Å². The number of nitrogens with two attached hydrogens (primary N) is 1. The summed E-state index contributed by atoms with van der Waals surface area (Å²) in [6.45, 7) is 7.33. The first kappa shape index (κ1) is 17.1. The normalized spacial score (nSPS) is 16.1. The van der Waals surface area contributed by atoms with E-state index in [0.717, 1.165) is 6.92 Å². The number of hydrogen-bond acceptors (Lipinski definition) is 2. The van der Waals surface area contributed by atoms with Crippen LogP contribution < -0.4 is 5.73 Å². The van der Waals surface area contributed by atoms with Crippen LogP contribution in [0.15, 0.2) is 12.1 Å². The highest BCUT2D eigenvalue weighted by Gasteiger charge is 2.55. The molecule has 0 aliphatic heterocycles. The highest BCUT2D eigenvalue weighted by Crippen LogP contribution is 2.45. The quantitative estimate of drug-likeness (QED) is 0.795. The SMILES string of the molecule is Cc1cc(C(C)(OC(C)(C)C)C(F)(F)F)cc(Cl)c1N. The van der Waals surface area contributed by atoms with E-state index in [1.807, 2.05) is 0 Å². The maximum absolute atomic E-state index is 13.5. The number of nitrogen functional groups attached to an aromatic ring is 1. The molecule has 2 N–H and O–H groups in total. The Morgan fingerprint density at radius 2 is 1.60 bits per heavy atom. The van der Waals surface area contributed by atoms with Crippen molar-refractivity contribution >= 4 is 17.3 Å². The van der Waals surface area contributed by atoms with Crippen LogP contribution in [0.3, 0.4) is 0 Å². The van der Waals surface area contributed by atoms with Gasteiger partial charge < -0.3 is 10.5 Å². The van der Waals surface area contributed by atoms with Crippen molar-refractivity contribution in [3.63, 3.8) is 0 Å². The fourth-order valence-corrected chi connectivity index (χ4v) is 2.19. The molecule has 1 atom stereocenters.